The molecule has 0 radical (unpaired) electrons. The van der Waals surface area contributed by atoms with Crippen LogP contribution in [-0.2, 0) is 4.74 Å². The lowest BCUT2D eigenvalue weighted by Crippen LogP contribution is -2.20. The molecule has 0 aliphatic rings. The van der Waals surface area contributed by atoms with Gasteiger partial charge in [0.25, 0.3) is 0 Å². The van der Waals surface area contributed by atoms with E-state index in [0.29, 0.717) is 13.2 Å². The molecule has 1 aromatic rings. The molecular formula is C13H20ClNO2. The van der Waals surface area contributed by atoms with E-state index in [4.69, 9.17) is 21.1 Å². The molecule has 0 unspecified atom stereocenters. The Balaban J connectivity index is 2.11. The fourth-order valence-electron chi connectivity index (χ4n) is 1.35. The minimum absolute atomic E-state index is 0.563. The molecule has 4 heteroatoms. The number of rotatable bonds is 8. The van der Waals surface area contributed by atoms with E-state index < -0.39 is 0 Å². The van der Waals surface area contributed by atoms with Gasteiger partial charge in [0.15, 0.2) is 0 Å². The van der Waals surface area contributed by atoms with Crippen LogP contribution >= 0.6 is 11.6 Å². The maximum absolute atomic E-state index is 5.93. The average molecular weight is 258 g/mol. The van der Waals surface area contributed by atoms with E-state index in [0.717, 1.165) is 36.0 Å². The zero-order valence-corrected chi connectivity index (χ0v) is 11.2. The van der Waals surface area contributed by atoms with Crippen molar-refractivity contribution < 1.29 is 9.47 Å². The van der Waals surface area contributed by atoms with Crippen LogP contribution in [-0.4, -0.2) is 32.9 Å². The van der Waals surface area contributed by atoms with Gasteiger partial charge in [-0.2, -0.15) is 0 Å². The Hall–Kier alpha value is -0.770. The van der Waals surface area contributed by atoms with Crippen molar-refractivity contribution >= 4 is 11.6 Å². The number of hydrogen-bond acceptors (Lipinski definition) is 3. The Bertz CT molecular complexity index is 331. The molecule has 0 amide bonds. The highest BCUT2D eigenvalue weighted by atomic mass is 35.5. The van der Waals surface area contributed by atoms with Crippen LogP contribution in [0.15, 0.2) is 18.2 Å². The van der Waals surface area contributed by atoms with Crippen molar-refractivity contribution in [1.82, 2.24) is 5.32 Å². The number of halogens is 1. The molecule has 17 heavy (non-hydrogen) atoms. The fourth-order valence-corrected chi connectivity index (χ4v) is 1.47. The molecule has 0 bridgehead atoms. The Labute approximate surface area is 108 Å². The molecule has 1 rings (SSSR count). The molecule has 3 nitrogen and oxygen atoms in total. The number of likely N-dealkylation sites (N-methyl/N-ethyl adjacent to an activating group) is 1. The van der Waals surface area contributed by atoms with Crippen LogP contribution in [0.25, 0.3) is 0 Å². The Morgan fingerprint density at radius 2 is 2.06 bits per heavy atom. The van der Waals surface area contributed by atoms with Gasteiger partial charge in [0.05, 0.1) is 13.2 Å². The van der Waals surface area contributed by atoms with Gasteiger partial charge in [0.1, 0.15) is 12.4 Å². The lowest BCUT2D eigenvalue weighted by Gasteiger charge is -2.08. The number of aryl methyl sites for hydroxylation is 1. The predicted molar refractivity (Wildman–Crippen MR) is 71.0 cm³/mol. The lowest BCUT2D eigenvalue weighted by atomic mass is 10.2. The van der Waals surface area contributed by atoms with Gasteiger partial charge in [-0.3, -0.25) is 0 Å². The van der Waals surface area contributed by atoms with E-state index in [2.05, 4.69) is 12.2 Å². The van der Waals surface area contributed by atoms with E-state index in [-0.39, 0.29) is 0 Å². The zero-order chi connectivity index (χ0) is 12.5. The minimum Gasteiger partial charge on any atom is -0.491 e. The molecule has 0 aromatic heterocycles. The first-order chi connectivity index (χ1) is 8.24. The maximum Gasteiger partial charge on any atom is 0.119 e. The molecule has 96 valence electrons. The first kappa shape index (κ1) is 14.3. The standard InChI is InChI=1S/C13H20ClNO2/c1-3-15-6-7-16-8-9-17-12-4-5-13(14)11(2)10-12/h4-5,10,15H,3,6-9H2,1-2H3. The monoisotopic (exact) mass is 257 g/mol. The van der Waals surface area contributed by atoms with Gasteiger partial charge in [0, 0.05) is 11.6 Å². The second-order valence-corrected chi connectivity index (χ2v) is 4.13. The summed E-state index contributed by atoms with van der Waals surface area (Å²) in [6.45, 7) is 7.78. The molecule has 0 aliphatic heterocycles. The smallest absolute Gasteiger partial charge is 0.119 e. The van der Waals surface area contributed by atoms with E-state index in [1.807, 2.05) is 25.1 Å². The summed E-state index contributed by atoms with van der Waals surface area (Å²) in [4.78, 5) is 0. The van der Waals surface area contributed by atoms with Gasteiger partial charge in [0.2, 0.25) is 0 Å². The van der Waals surface area contributed by atoms with Crippen LogP contribution in [0, 0.1) is 6.92 Å². The van der Waals surface area contributed by atoms with Gasteiger partial charge in [-0.05, 0) is 37.2 Å². The highest BCUT2D eigenvalue weighted by Gasteiger charge is 1.98. The molecular weight excluding hydrogens is 238 g/mol. The number of ether oxygens (including phenoxy) is 2. The van der Waals surface area contributed by atoms with Crippen molar-refractivity contribution in [3.05, 3.63) is 28.8 Å². The molecule has 0 spiro atoms. The maximum atomic E-state index is 5.93. The highest BCUT2D eigenvalue weighted by Crippen LogP contribution is 2.20. The second-order valence-electron chi connectivity index (χ2n) is 3.73. The van der Waals surface area contributed by atoms with E-state index >= 15 is 0 Å². The third kappa shape index (κ3) is 5.91. The number of hydrogen-bond donors (Lipinski definition) is 1. The molecule has 0 fully saturated rings. The third-order valence-corrected chi connectivity index (χ3v) is 2.72. The van der Waals surface area contributed by atoms with Gasteiger partial charge < -0.3 is 14.8 Å². The molecule has 1 aromatic carbocycles. The van der Waals surface area contributed by atoms with Crippen LogP contribution in [0.4, 0.5) is 0 Å². The van der Waals surface area contributed by atoms with Crippen molar-refractivity contribution in [2.75, 3.05) is 32.9 Å². The lowest BCUT2D eigenvalue weighted by molar-refractivity contribution is 0.102. The topological polar surface area (TPSA) is 30.5 Å². The van der Waals surface area contributed by atoms with Gasteiger partial charge >= 0.3 is 0 Å². The molecule has 0 heterocycles. The average Bonchev–Trinajstić information content (AvgIpc) is 2.32. The normalized spacial score (nSPS) is 10.5. The largest absolute Gasteiger partial charge is 0.491 e. The van der Waals surface area contributed by atoms with Crippen LogP contribution < -0.4 is 10.1 Å². The van der Waals surface area contributed by atoms with Gasteiger partial charge in [-0.25, -0.2) is 0 Å². The van der Waals surface area contributed by atoms with Crippen molar-refractivity contribution in [3.8, 4) is 5.75 Å². The molecule has 0 aliphatic carbocycles. The highest BCUT2D eigenvalue weighted by molar-refractivity contribution is 6.31. The summed E-state index contributed by atoms with van der Waals surface area (Å²) in [6, 6.07) is 5.65. The number of nitrogens with one attached hydrogen (secondary N) is 1. The fraction of sp³-hybridized carbons (Fsp3) is 0.538. The van der Waals surface area contributed by atoms with Gasteiger partial charge in [-0.15, -0.1) is 0 Å². The molecule has 1 N–H and O–H groups in total. The van der Waals surface area contributed by atoms with E-state index in [1.165, 1.54) is 0 Å². The van der Waals surface area contributed by atoms with Crippen molar-refractivity contribution in [2.45, 2.75) is 13.8 Å². The Morgan fingerprint density at radius 1 is 1.24 bits per heavy atom. The second kappa shape index (κ2) is 8.34. The van der Waals surface area contributed by atoms with Gasteiger partial charge in [-0.1, -0.05) is 18.5 Å². The third-order valence-electron chi connectivity index (χ3n) is 2.30. The summed E-state index contributed by atoms with van der Waals surface area (Å²) < 4.78 is 10.9. The summed E-state index contributed by atoms with van der Waals surface area (Å²) in [6.07, 6.45) is 0. The number of benzene rings is 1. The quantitative estimate of drug-likeness (QED) is 0.727. The summed E-state index contributed by atoms with van der Waals surface area (Å²) >= 11 is 5.93. The Kier molecular flexibility index (Phi) is 7.01. The van der Waals surface area contributed by atoms with Crippen LogP contribution in [0.1, 0.15) is 12.5 Å². The van der Waals surface area contributed by atoms with Crippen molar-refractivity contribution in [3.63, 3.8) is 0 Å². The van der Waals surface area contributed by atoms with Crippen LogP contribution in [0.5, 0.6) is 5.75 Å². The SMILES string of the molecule is CCNCCOCCOc1ccc(Cl)c(C)c1. The summed E-state index contributed by atoms with van der Waals surface area (Å²) in [5.41, 5.74) is 1.03. The van der Waals surface area contributed by atoms with Crippen molar-refractivity contribution in [2.24, 2.45) is 0 Å². The summed E-state index contributed by atoms with van der Waals surface area (Å²) in [5.74, 6) is 0.835. The van der Waals surface area contributed by atoms with Crippen molar-refractivity contribution in [1.29, 1.82) is 0 Å². The minimum atomic E-state index is 0.563. The van der Waals surface area contributed by atoms with E-state index in [9.17, 15) is 0 Å². The molecule has 0 atom stereocenters. The first-order valence-corrected chi connectivity index (χ1v) is 6.29. The predicted octanol–water partition coefficient (Wildman–Crippen LogP) is 2.65. The summed E-state index contributed by atoms with van der Waals surface area (Å²) in [7, 11) is 0. The molecule has 0 saturated heterocycles. The zero-order valence-electron chi connectivity index (χ0n) is 10.5. The Morgan fingerprint density at radius 3 is 2.76 bits per heavy atom. The summed E-state index contributed by atoms with van der Waals surface area (Å²) in [5, 5.41) is 3.95. The van der Waals surface area contributed by atoms with Crippen LogP contribution in [0.3, 0.4) is 0 Å². The van der Waals surface area contributed by atoms with Crippen LogP contribution in [0.2, 0.25) is 5.02 Å². The first-order valence-electron chi connectivity index (χ1n) is 5.91. The van der Waals surface area contributed by atoms with E-state index in [1.54, 1.807) is 0 Å². The molecule has 0 saturated carbocycles.